The summed E-state index contributed by atoms with van der Waals surface area (Å²) >= 11 is 6.03. The van der Waals surface area contributed by atoms with Crippen LogP contribution >= 0.6 is 11.6 Å². The van der Waals surface area contributed by atoms with Crippen molar-refractivity contribution in [2.24, 2.45) is 0 Å². The predicted molar refractivity (Wildman–Crippen MR) is 83.8 cm³/mol. The van der Waals surface area contributed by atoms with Gasteiger partial charge in [-0.2, -0.15) is 5.10 Å². The second kappa shape index (κ2) is 4.85. The first-order valence-corrected chi connectivity index (χ1v) is 6.96. The van der Waals surface area contributed by atoms with Gasteiger partial charge < -0.3 is 0 Å². The third kappa shape index (κ3) is 1.93. The van der Waals surface area contributed by atoms with Gasteiger partial charge >= 0.3 is 0 Å². The monoisotopic (exact) mass is 311 g/mol. The van der Waals surface area contributed by atoms with Crippen molar-refractivity contribution in [3.05, 3.63) is 64.3 Å². The molecule has 0 bridgehead atoms. The fourth-order valence-electron chi connectivity index (χ4n) is 2.42. The molecule has 2 N–H and O–H groups in total. The molecule has 0 spiro atoms. The lowest BCUT2D eigenvalue weighted by Crippen LogP contribution is -2.17. The molecule has 0 saturated carbocycles. The van der Waals surface area contributed by atoms with Crippen molar-refractivity contribution < 1.29 is 0 Å². The molecule has 0 aliphatic heterocycles. The van der Waals surface area contributed by atoms with Crippen LogP contribution in [-0.2, 0) is 0 Å². The molecule has 4 aromatic rings. The Morgan fingerprint density at radius 1 is 1.18 bits per heavy atom. The Hall–Kier alpha value is -2.86. The van der Waals surface area contributed by atoms with Crippen molar-refractivity contribution in [2.45, 2.75) is 0 Å². The molecular weight excluding hydrogens is 302 g/mol. The summed E-state index contributed by atoms with van der Waals surface area (Å²) in [6.07, 6.45) is 4.88. The summed E-state index contributed by atoms with van der Waals surface area (Å²) in [5.74, 6) is 0. The highest BCUT2D eigenvalue weighted by Crippen LogP contribution is 2.25. The molecule has 0 aliphatic rings. The molecule has 0 unspecified atom stereocenters. The average Bonchev–Trinajstić information content (AvgIpc) is 3.17. The van der Waals surface area contributed by atoms with Gasteiger partial charge in [0.15, 0.2) is 5.65 Å². The molecule has 108 valence electrons. The average molecular weight is 312 g/mol. The number of hydrogen-bond acceptors (Lipinski definition) is 3. The maximum atomic E-state index is 12.6. The van der Waals surface area contributed by atoms with E-state index in [2.05, 4.69) is 20.3 Å². The fourth-order valence-corrected chi connectivity index (χ4v) is 2.61. The minimum atomic E-state index is -0.192. The van der Waals surface area contributed by atoms with E-state index in [-0.39, 0.29) is 5.56 Å². The van der Waals surface area contributed by atoms with Gasteiger partial charge in [-0.3, -0.25) is 15.0 Å². The quantitative estimate of drug-likeness (QED) is 0.597. The highest BCUT2D eigenvalue weighted by molar-refractivity contribution is 6.30. The zero-order valence-corrected chi connectivity index (χ0v) is 12.0. The van der Waals surface area contributed by atoms with E-state index in [0.29, 0.717) is 21.9 Å². The number of benzene rings is 1. The Morgan fingerprint density at radius 2 is 2.09 bits per heavy atom. The summed E-state index contributed by atoms with van der Waals surface area (Å²) in [6.45, 7) is 0. The number of aromatic nitrogens is 5. The number of H-pyrrole nitrogens is 2. The number of rotatable bonds is 2. The lowest BCUT2D eigenvalue weighted by Gasteiger charge is -2.01. The van der Waals surface area contributed by atoms with E-state index in [1.807, 2.05) is 18.2 Å². The molecule has 0 saturated heterocycles. The first-order valence-electron chi connectivity index (χ1n) is 6.59. The van der Waals surface area contributed by atoms with E-state index in [9.17, 15) is 4.79 Å². The van der Waals surface area contributed by atoms with Gasteiger partial charge in [-0.05, 0) is 23.8 Å². The van der Waals surface area contributed by atoms with Crippen molar-refractivity contribution in [3.8, 4) is 22.4 Å². The van der Waals surface area contributed by atoms with Crippen molar-refractivity contribution in [1.29, 1.82) is 0 Å². The first kappa shape index (κ1) is 12.8. The highest BCUT2D eigenvalue weighted by Gasteiger charge is 2.13. The Balaban J connectivity index is 1.95. The molecule has 22 heavy (non-hydrogen) atoms. The summed E-state index contributed by atoms with van der Waals surface area (Å²) in [7, 11) is 0. The number of halogens is 1. The third-order valence-electron chi connectivity index (χ3n) is 3.47. The topological polar surface area (TPSA) is 78.8 Å². The van der Waals surface area contributed by atoms with Crippen LogP contribution in [0.5, 0.6) is 0 Å². The van der Waals surface area contributed by atoms with Crippen LogP contribution in [0.4, 0.5) is 0 Å². The summed E-state index contributed by atoms with van der Waals surface area (Å²) in [5.41, 5.74) is 3.15. The van der Waals surface area contributed by atoms with Crippen LogP contribution in [0, 0.1) is 0 Å². The second-order valence-corrected chi connectivity index (χ2v) is 5.24. The van der Waals surface area contributed by atoms with Crippen LogP contribution in [0.15, 0.2) is 53.7 Å². The van der Waals surface area contributed by atoms with E-state index >= 15 is 0 Å². The number of hydrogen-bond donors (Lipinski definition) is 2. The van der Waals surface area contributed by atoms with Gasteiger partial charge in [-0.25, -0.2) is 9.50 Å². The van der Waals surface area contributed by atoms with Gasteiger partial charge in [0, 0.05) is 29.2 Å². The Labute approximate surface area is 129 Å². The van der Waals surface area contributed by atoms with E-state index in [0.717, 1.165) is 11.1 Å². The van der Waals surface area contributed by atoms with Crippen LogP contribution < -0.4 is 5.56 Å². The molecule has 0 atom stereocenters. The molecule has 3 heterocycles. The van der Waals surface area contributed by atoms with Crippen molar-refractivity contribution in [2.75, 3.05) is 0 Å². The van der Waals surface area contributed by atoms with Gasteiger partial charge in [0.2, 0.25) is 0 Å². The number of aromatic amines is 2. The SMILES string of the molecule is O=c1c(-c2ccn[nH]2)cnc2c(-c3cccc(Cl)c3)c[nH]n12. The van der Waals surface area contributed by atoms with Gasteiger partial charge in [0.25, 0.3) is 5.56 Å². The number of nitrogens with one attached hydrogen (secondary N) is 2. The molecule has 4 rings (SSSR count). The van der Waals surface area contributed by atoms with Gasteiger partial charge in [-0.15, -0.1) is 0 Å². The molecule has 0 radical (unpaired) electrons. The van der Waals surface area contributed by atoms with Crippen LogP contribution in [-0.4, -0.2) is 24.8 Å². The lowest BCUT2D eigenvalue weighted by molar-refractivity contribution is 0.899. The molecular formula is C15H10ClN5O. The summed E-state index contributed by atoms with van der Waals surface area (Å²) in [6, 6.07) is 9.14. The van der Waals surface area contributed by atoms with Gasteiger partial charge in [-0.1, -0.05) is 23.7 Å². The van der Waals surface area contributed by atoms with Crippen LogP contribution in [0.1, 0.15) is 0 Å². The predicted octanol–water partition coefficient (Wildman–Crippen LogP) is 2.73. The maximum Gasteiger partial charge on any atom is 0.282 e. The Bertz CT molecular complexity index is 1020. The van der Waals surface area contributed by atoms with Gasteiger partial charge in [0.1, 0.15) is 0 Å². The highest BCUT2D eigenvalue weighted by atomic mass is 35.5. The van der Waals surface area contributed by atoms with Gasteiger partial charge in [0.05, 0.1) is 11.3 Å². The summed E-state index contributed by atoms with van der Waals surface area (Å²) in [4.78, 5) is 17.0. The number of fused-ring (bicyclic) bond motifs is 1. The van der Waals surface area contributed by atoms with E-state index in [4.69, 9.17) is 11.6 Å². The van der Waals surface area contributed by atoms with Crippen LogP contribution in [0.3, 0.4) is 0 Å². The largest absolute Gasteiger partial charge is 0.296 e. The molecule has 0 aliphatic carbocycles. The van der Waals surface area contributed by atoms with Crippen LogP contribution in [0.2, 0.25) is 5.02 Å². The Kier molecular flexibility index (Phi) is 2.83. The summed E-state index contributed by atoms with van der Waals surface area (Å²) in [5, 5.41) is 10.2. The second-order valence-electron chi connectivity index (χ2n) is 4.80. The van der Waals surface area contributed by atoms with Crippen molar-refractivity contribution >= 4 is 17.2 Å². The maximum absolute atomic E-state index is 12.6. The fraction of sp³-hybridized carbons (Fsp3) is 0. The normalized spacial score (nSPS) is 11.1. The summed E-state index contributed by atoms with van der Waals surface area (Å²) < 4.78 is 1.41. The molecule has 3 aromatic heterocycles. The smallest absolute Gasteiger partial charge is 0.282 e. The minimum Gasteiger partial charge on any atom is -0.296 e. The molecule has 6 nitrogen and oxygen atoms in total. The minimum absolute atomic E-state index is 0.192. The Morgan fingerprint density at radius 3 is 2.86 bits per heavy atom. The van der Waals surface area contributed by atoms with Crippen molar-refractivity contribution in [3.63, 3.8) is 0 Å². The van der Waals surface area contributed by atoms with E-state index in [1.165, 1.54) is 4.52 Å². The molecule has 7 heteroatoms. The third-order valence-corrected chi connectivity index (χ3v) is 3.70. The molecule has 1 aromatic carbocycles. The zero-order valence-electron chi connectivity index (χ0n) is 11.2. The van der Waals surface area contributed by atoms with E-state index < -0.39 is 0 Å². The lowest BCUT2D eigenvalue weighted by atomic mass is 10.1. The molecule has 0 amide bonds. The van der Waals surface area contributed by atoms with Crippen LogP contribution in [0.25, 0.3) is 28.0 Å². The van der Waals surface area contributed by atoms with E-state index in [1.54, 1.807) is 30.7 Å². The molecule has 0 fully saturated rings. The zero-order chi connectivity index (χ0) is 15.1. The van der Waals surface area contributed by atoms with Crippen molar-refractivity contribution in [1.82, 2.24) is 24.8 Å². The first-order chi connectivity index (χ1) is 10.7. The standard InChI is InChI=1S/C15H10ClN5O/c16-10-3-1-2-9(6-10)11-8-19-21-14(11)17-7-12(15(21)22)13-4-5-18-20-13/h1-8,19H,(H,18,20). The number of nitrogens with zero attached hydrogens (tertiary/aromatic N) is 3.